The largest absolute Gasteiger partial charge is 0.370 e. The molecule has 82 valence electrons. The smallest absolute Gasteiger partial charge is 0.0859 e. The summed E-state index contributed by atoms with van der Waals surface area (Å²) in [7, 11) is 0. The molecule has 2 aliphatic rings. The van der Waals surface area contributed by atoms with Crippen LogP contribution in [0.3, 0.4) is 0 Å². The minimum atomic E-state index is 0.293. The number of nitrogens with zero attached hydrogens (tertiary/aromatic N) is 2. The van der Waals surface area contributed by atoms with Gasteiger partial charge >= 0.3 is 0 Å². The normalized spacial score (nSPS) is 31.8. The molecule has 3 rings (SSSR count). The van der Waals surface area contributed by atoms with Crippen LogP contribution in [0.5, 0.6) is 0 Å². The summed E-state index contributed by atoms with van der Waals surface area (Å²) in [5.74, 6) is 0. The number of hydrogen-bond acceptors (Lipinski definition) is 2. The fourth-order valence-corrected chi connectivity index (χ4v) is 2.31. The van der Waals surface area contributed by atoms with Crippen molar-refractivity contribution in [2.24, 2.45) is 0 Å². The van der Waals surface area contributed by atoms with Crippen LogP contribution in [-0.4, -0.2) is 15.9 Å². The van der Waals surface area contributed by atoms with Crippen LogP contribution in [0.4, 0.5) is 0 Å². The molecule has 0 spiro atoms. The van der Waals surface area contributed by atoms with E-state index in [0.29, 0.717) is 18.2 Å². The molecule has 1 aromatic rings. The third-order valence-corrected chi connectivity index (χ3v) is 3.39. The monoisotopic (exact) mass is 206 g/mol. The number of ether oxygens (including phenoxy) is 1. The Kier molecular flexibility index (Phi) is 2.28. The van der Waals surface area contributed by atoms with Gasteiger partial charge in [-0.3, -0.25) is 4.68 Å². The third-order valence-electron chi connectivity index (χ3n) is 3.39. The van der Waals surface area contributed by atoms with Crippen molar-refractivity contribution in [3.05, 3.63) is 18.0 Å². The van der Waals surface area contributed by atoms with E-state index in [1.165, 1.54) is 31.2 Å². The van der Waals surface area contributed by atoms with Crippen molar-refractivity contribution in [3.63, 3.8) is 0 Å². The minimum absolute atomic E-state index is 0.293. The first-order valence-electron chi connectivity index (χ1n) is 6.02. The quantitative estimate of drug-likeness (QED) is 0.744. The van der Waals surface area contributed by atoms with Crippen molar-refractivity contribution >= 4 is 0 Å². The zero-order valence-corrected chi connectivity index (χ0v) is 9.22. The Bertz CT molecular complexity index is 343. The van der Waals surface area contributed by atoms with Gasteiger partial charge in [0.2, 0.25) is 0 Å². The van der Waals surface area contributed by atoms with E-state index in [4.69, 9.17) is 4.74 Å². The Labute approximate surface area is 90.4 Å². The van der Waals surface area contributed by atoms with Gasteiger partial charge < -0.3 is 4.74 Å². The molecule has 1 aromatic heterocycles. The fraction of sp³-hybridized carbons (Fsp3) is 0.750. The Morgan fingerprint density at radius 3 is 2.93 bits per heavy atom. The molecular formula is C12H18N2O. The second kappa shape index (κ2) is 3.63. The van der Waals surface area contributed by atoms with Gasteiger partial charge in [0.1, 0.15) is 0 Å². The zero-order valence-electron chi connectivity index (χ0n) is 9.22. The van der Waals surface area contributed by atoms with E-state index in [1.807, 2.05) is 6.20 Å². The molecule has 3 heteroatoms. The maximum atomic E-state index is 5.93. The van der Waals surface area contributed by atoms with Gasteiger partial charge in [0, 0.05) is 11.8 Å². The Morgan fingerprint density at radius 1 is 1.33 bits per heavy atom. The molecule has 1 saturated heterocycles. The van der Waals surface area contributed by atoms with Gasteiger partial charge in [-0.25, -0.2) is 0 Å². The van der Waals surface area contributed by atoms with Crippen LogP contribution in [0.15, 0.2) is 12.4 Å². The highest BCUT2D eigenvalue weighted by Gasteiger charge is 2.27. The first-order chi connectivity index (χ1) is 7.33. The van der Waals surface area contributed by atoms with Crippen LogP contribution in [0.25, 0.3) is 0 Å². The highest BCUT2D eigenvalue weighted by molar-refractivity contribution is 5.10. The second-order valence-electron chi connectivity index (χ2n) is 4.85. The minimum Gasteiger partial charge on any atom is -0.370 e. The van der Waals surface area contributed by atoms with Gasteiger partial charge in [-0.1, -0.05) is 0 Å². The first-order valence-corrected chi connectivity index (χ1v) is 6.02. The highest BCUT2D eigenvalue weighted by atomic mass is 16.5. The lowest BCUT2D eigenvalue weighted by Gasteiger charge is -2.26. The Hall–Kier alpha value is -0.830. The molecule has 3 nitrogen and oxygen atoms in total. The standard InChI is InChI=1S/C12H18N2O/c1-9-3-2-4-12(15-9)10-7-13-14(8-10)11-5-6-11/h7-9,11-12H,2-6H2,1H3/t9-,12+/m1/s1. The molecule has 15 heavy (non-hydrogen) atoms. The van der Waals surface area contributed by atoms with E-state index in [1.54, 1.807) is 0 Å². The molecule has 2 fully saturated rings. The summed E-state index contributed by atoms with van der Waals surface area (Å²) in [6.07, 6.45) is 11.1. The number of aromatic nitrogens is 2. The van der Waals surface area contributed by atoms with E-state index in [9.17, 15) is 0 Å². The Morgan fingerprint density at radius 2 is 2.20 bits per heavy atom. The van der Waals surface area contributed by atoms with Crippen LogP contribution in [0.2, 0.25) is 0 Å². The van der Waals surface area contributed by atoms with Crippen LogP contribution >= 0.6 is 0 Å². The van der Waals surface area contributed by atoms with Crippen molar-refractivity contribution < 1.29 is 4.74 Å². The van der Waals surface area contributed by atoms with Crippen molar-refractivity contribution in [2.75, 3.05) is 0 Å². The third kappa shape index (κ3) is 1.93. The molecule has 0 radical (unpaired) electrons. The zero-order chi connectivity index (χ0) is 10.3. The number of hydrogen-bond donors (Lipinski definition) is 0. The average molecular weight is 206 g/mol. The van der Waals surface area contributed by atoms with Crippen LogP contribution < -0.4 is 0 Å². The lowest BCUT2D eigenvalue weighted by atomic mass is 10.0. The van der Waals surface area contributed by atoms with E-state index in [-0.39, 0.29) is 0 Å². The molecular weight excluding hydrogens is 188 g/mol. The molecule has 0 aromatic carbocycles. The molecule has 0 amide bonds. The molecule has 2 atom stereocenters. The summed E-state index contributed by atoms with van der Waals surface area (Å²) in [5, 5.41) is 4.42. The molecule has 1 saturated carbocycles. The van der Waals surface area contributed by atoms with Crippen LogP contribution in [-0.2, 0) is 4.74 Å². The molecule has 0 unspecified atom stereocenters. The fourth-order valence-electron chi connectivity index (χ4n) is 2.31. The topological polar surface area (TPSA) is 27.1 Å². The summed E-state index contributed by atoms with van der Waals surface area (Å²) in [6.45, 7) is 2.16. The summed E-state index contributed by atoms with van der Waals surface area (Å²) >= 11 is 0. The van der Waals surface area contributed by atoms with Crippen LogP contribution in [0, 0.1) is 0 Å². The summed E-state index contributed by atoms with van der Waals surface area (Å²) < 4.78 is 8.04. The number of rotatable bonds is 2. The van der Waals surface area contributed by atoms with Gasteiger partial charge in [0.05, 0.1) is 24.4 Å². The van der Waals surface area contributed by atoms with Crippen molar-refractivity contribution in [1.29, 1.82) is 0 Å². The van der Waals surface area contributed by atoms with Gasteiger partial charge in [-0.2, -0.15) is 5.10 Å². The van der Waals surface area contributed by atoms with Gasteiger partial charge in [-0.05, 0) is 39.0 Å². The van der Waals surface area contributed by atoms with Crippen molar-refractivity contribution in [1.82, 2.24) is 9.78 Å². The van der Waals surface area contributed by atoms with E-state index >= 15 is 0 Å². The lowest BCUT2D eigenvalue weighted by Crippen LogP contribution is -2.18. The van der Waals surface area contributed by atoms with Crippen LogP contribution in [0.1, 0.15) is 56.7 Å². The predicted octanol–water partition coefficient (Wildman–Crippen LogP) is 2.85. The lowest BCUT2D eigenvalue weighted by molar-refractivity contribution is -0.0414. The summed E-state index contributed by atoms with van der Waals surface area (Å²) in [6, 6.07) is 0.680. The van der Waals surface area contributed by atoms with Gasteiger partial charge in [-0.15, -0.1) is 0 Å². The SMILES string of the molecule is C[C@@H]1CCC[C@@H](c2cnn(C3CC3)c2)O1. The van der Waals surface area contributed by atoms with Gasteiger partial charge in [0.25, 0.3) is 0 Å². The maximum Gasteiger partial charge on any atom is 0.0859 e. The van der Waals surface area contributed by atoms with E-state index in [0.717, 1.165) is 6.42 Å². The van der Waals surface area contributed by atoms with E-state index < -0.39 is 0 Å². The molecule has 0 bridgehead atoms. The molecule has 1 aliphatic heterocycles. The summed E-state index contributed by atoms with van der Waals surface area (Å²) in [5.41, 5.74) is 1.27. The first kappa shape index (κ1) is 9.40. The predicted molar refractivity (Wildman–Crippen MR) is 57.6 cm³/mol. The highest BCUT2D eigenvalue weighted by Crippen LogP contribution is 2.36. The summed E-state index contributed by atoms with van der Waals surface area (Å²) in [4.78, 5) is 0. The van der Waals surface area contributed by atoms with E-state index in [2.05, 4.69) is 22.9 Å². The van der Waals surface area contributed by atoms with Crippen molar-refractivity contribution in [3.8, 4) is 0 Å². The molecule has 2 heterocycles. The average Bonchev–Trinajstić information content (AvgIpc) is 2.97. The van der Waals surface area contributed by atoms with Gasteiger partial charge in [0.15, 0.2) is 0 Å². The molecule has 1 aliphatic carbocycles. The van der Waals surface area contributed by atoms with Crippen molar-refractivity contribution in [2.45, 2.75) is 57.3 Å². The Balaban J connectivity index is 1.73. The molecule has 0 N–H and O–H groups in total. The maximum absolute atomic E-state index is 5.93. The second-order valence-corrected chi connectivity index (χ2v) is 4.85.